The maximum absolute atomic E-state index is 12.3. The molecule has 154 valence electrons. The van der Waals surface area contributed by atoms with Crippen molar-refractivity contribution in [3.8, 4) is 23.0 Å². The summed E-state index contributed by atoms with van der Waals surface area (Å²) in [5, 5.41) is 10.2. The maximum Gasteiger partial charge on any atom is 0.343 e. The second-order valence-corrected chi connectivity index (χ2v) is 6.25. The molecule has 0 aromatic heterocycles. The van der Waals surface area contributed by atoms with Gasteiger partial charge in [-0.3, -0.25) is 4.99 Å². The van der Waals surface area contributed by atoms with Gasteiger partial charge in [0.05, 0.1) is 24.5 Å². The molecule has 3 aromatic rings. The zero-order valence-electron chi connectivity index (χ0n) is 16.9. The van der Waals surface area contributed by atoms with Crippen molar-refractivity contribution in [2.75, 3.05) is 13.2 Å². The van der Waals surface area contributed by atoms with E-state index in [-0.39, 0.29) is 11.5 Å². The Balaban J connectivity index is 1.64. The monoisotopic (exact) mass is 405 g/mol. The van der Waals surface area contributed by atoms with Crippen molar-refractivity contribution in [2.45, 2.75) is 13.8 Å². The van der Waals surface area contributed by atoms with E-state index in [4.69, 9.17) is 14.2 Å². The Morgan fingerprint density at radius 1 is 0.867 bits per heavy atom. The minimum absolute atomic E-state index is 0.0401. The number of hydrogen-bond acceptors (Lipinski definition) is 6. The molecule has 0 radical (unpaired) electrons. The van der Waals surface area contributed by atoms with Crippen LogP contribution in [0.25, 0.3) is 0 Å². The van der Waals surface area contributed by atoms with Crippen molar-refractivity contribution >= 4 is 17.9 Å². The lowest BCUT2D eigenvalue weighted by molar-refractivity contribution is 0.0734. The summed E-state index contributed by atoms with van der Waals surface area (Å²) in [4.78, 5) is 16.6. The van der Waals surface area contributed by atoms with E-state index in [0.717, 1.165) is 11.4 Å². The first-order valence-electron chi connectivity index (χ1n) is 9.64. The molecule has 0 aliphatic rings. The number of hydrogen-bond donors (Lipinski definition) is 1. The Morgan fingerprint density at radius 2 is 1.43 bits per heavy atom. The highest BCUT2D eigenvalue weighted by molar-refractivity contribution is 5.91. The molecule has 0 fully saturated rings. The summed E-state index contributed by atoms with van der Waals surface area (Å²) in [6.45, 7) is 4.97. The number of carbonyl (C=O) groups excluding carboxylic acids is 1. The van der Waals surface area contributed by atoms with Gasteiger partial charge in [0.1, 0.15) is 23.0 Å². The van der Waals surface area contributed by atoms with E-state index in [9.17, 15) is 9.90 Å². The van der Waals surface area contributed by atoms with Gasteiger partial charge in [-0.2, -0.15) is 0 Å². The average Bonchev–Trinajstić information content (AvgIpc) is 2.75. The van der Waals surface area contributed by atoms with Crippen LogP contribution >= 0.6 is 0 Å². The maximum atomic E-state index is 12.3. The molecule has 0 amide bonds. The molecule has 30 heavy (non-hydrogen) atoms. The molecule has 6 heteroatoms. The summed E-state index contributed by atoms with van der Waals surface area (Å²) in [5.74, 6) is 1.14. The number of rotatable bonds is 8. The van der Waals surface area contributed by atoms with Crippen LogP contribution in [0.15, 0.2) is 71.7 Å². The molecule has 0 unspecified atom stereocenters. The summed E-state index contributed by atoms with van der Waals surface area (Å²) in [5.41, 5.74) is 1.62. The predicted octanol–water partition coefficient (Wildman–Crippen LogP) is 5.16. The number of benzene rings is 3. The van der Waals surface area contributed by atoms with Gasteiger partial charge in [-0.05, 0) is 74.5 Å². The van der Waals surface area contributed by atoms with Crippen LogP contribution in [0.4, 0.5) is 5.69 Å². The van der Waals surface area contributed by atoms with Crippen LogP contribution in [-0.4, -0.2) is 30.5 Å². The molecule has 3 rings (SSSR count). The van der Waals surface area contributed by atoms with Crippen molar-refractivity contribution in [1.29, 1.82) is 0 Å². The van der Waals surface area contributed by atoms with Gasteiger partial charge in [-0.25, -0.2) is 4.79 Å². The van der Waals surface area contributed by atoms with Crippen LogP contribution in [0.5, 0.6) is 23.0 Å². The zero-order chi connectivity index (χ0) is 21.3. The van der Waals surface area contributed by atoms with Gasteiger partial charge in [0.2, 0.25) is 0 Å². The summed E-state index contributed by atoms with van der Waals surface area (Å²) in [7, 11) is 0. The molecule has 0 heterocycles. The highest BCUT2D eigenvalue weighted by atomic mass is 16.5. The minimum Gasteiger partial charge on any atom is -0.507 e. The van der Waals surface area contributed by atoms with Crippen LogP contribution in [0.2, 0.25) is 0 Å². The highest BCUT2D eigenvalue weighted by Gasteiger charge is 2.10. The second kappa shape index (κ2) is 10.1. The molecule has 0 spiro atoms. The lowest BCUT2D eigenvalue weighted by Gasteiger charge is -2.07. The van der Waals surface area contributed by atoms with E-state index in [1.54, 1.807) is 42.6 Å². The fourth-order valence-electron chi connectivity index (χ4n) is 2.66. The highest BCUT2D eigenvalue weighted by Crippen LogP contribution is 2.25. The first-order valence-corrected chi connectivity index (χ1v) is 9.64. The lowest BCUT2D eigenvalue weighted by Crippen LogP contribution is -2.08. The van der Waals surface area contributed by atoms with Gasteiger partial charge in [0.25, 0.3) is 0 Å². The molecule has 0 atom stereocenters. The number of carbonyl (C=O) groups is 1. The topological polar surface area (TPSA) is 77.4 Å². The van der Waals surface area contributed by atoms with Crippen molar-refractivity contribution in [2.24, 2.45) is 4.99 Å². The van der Waals surface area contributed by atoms with E-state index in [0.29, 0.717) is 30.1 Å². The molecule has 3 aromatic carbocycles. The van der Waals surface area contributed by atoms with Crippen LogP contribution in [0.1, 0.15) is 29.8 Å². The Labute approximate surface area is 175 Å². The van der Waals surface area contributed by atoms with Crippen LogP contribution in [0, 0.1) is 0 Å². The van der Waals surface area contributed by atoms with E-state index < -0.39 is 5.97 Å². The first kappa shape index (κ1) is 20.9. The molecule has 0 aliphatic heterocycles. The van der Waals surface area contributed by atoms with Gasteiger partial charge in [-0.1, -0.05) is 0 Å². The van der Waals surface area contributed by atoms with Crippen molar-refractivity contribution in [3.05, 3.63) is 77.9 Å². The normalized spacial score (nSPS) is 10.7. The molecule has 0 bridgehead atoms. The third-order valence-corrected chi connectivity index (χ3v) is 4.11. The number of phenols is 1. The number of esters is 1. The van der Waals surface area contributed by atoms with Gasteiger partial charge in [-0.15, -0.1) is 0 Å². The van der Waals surface area contributed by atoms with E-state index in [1.807, 2.05) is 38.1 Å². The molecule has 0 saturated carbocycles. The quantitative estimate of drug-likeness (QED) is 0.318. The summed E-state index contributed by atoms with van der Waals surface area (Å²) in [6.07, 6.45) is 1.54. The number of aromatic hydroxyl groups is 1. The van der Waals surface area contributed by atoms with Crippen molar-refractivity contribution in [3.63, 3.8) is 0 Å². The molecular weight excluding hydrogens is 382 g/mol. The van der Waals surface area contributed by atoms with Crippen molar-refractivity contribution in [1.82, 2.24) is 0 Å². The van der Waals surface area contributed by atoms with Crippen LogP contribution in [0.3, 0.4) is 0 Å². The van der Waals surface area contributed by atoms with Crippen LogP contribution < -0.4 is 14.2 Å². The third kappa shape index (κ3) is 5.61. The number of nitrogens with zero attached hydrogens (tertiary/aromatic N) is 1. The summed E-state index contributed by atoms with van der Waals surface area (Å²) in [6, 6.07) is 18.6. The second-order valence-electron chi connectivity index (χ2n) is 6.25. The molecular formula is C24H23NO5. The number of phenolic OH excluding ortho intramolecular Hbond substituents is 1. The third-order valence-electron chi connectivity index (χ3n) is 4.11. The zero-order valence-corrected chi connectivity index (χ0v) is 16.9. The van der Waals surface area contributed by atoms with Gasteiger partial charge in [0, 0.05) is 17.8 Å². The predicted molar refractivity (Wildman–Crippen MR) is 116 cm³/mol. The van der Waals surface area contributed by atoms with Crippen LogP contribution in [-0.2, 0) is 0 Å². The fraction of sp³-hybridized carbons (Fsp3) is 0.167. The molecule has 0 saturated heterocycles. The Kier molecular flexibility index (Phi) is 7.05. The van der Waals surface area contributed by atoms with Gasteiger partial charge in [0.15, 0.2) is 0 Å². The Bertz CT molecular complexity index is 1010. The van der Waals surface area contributed by atoms with E-state index in [2.05, 4.69) is 4.99 Å². The molecule has 1 N–H and O–H groups in total. The molecule has 0 aliphatic carbocycles. The first-order chi connectivity index (χ1) is 14.6. The molecule has 6 nitrogen and oxygen atoms in total. The SMILES string of the molecule is CCOc1ccc(N=Cc2ccc(OC(=O)c3ccc(OCC)cc3)cc2O)cc1. The smallest absolute Gasteiger partial charge is 0.343 e. The summed E-state index contributed by atoms with van der Waals surface area (Å²) >= 11 is 0. The Morgan fingerprint density at radius 3 is 2.00 bits per heavy atom. The lowest BCUT2D eigenvalue weighted by atomic mass is 10.2. The average molecular weight is 405 g/mol. The van der Waals surface area contributed by atoms with Crippen molar-refractivity contribution < 1.29 is 24.1 Å². The number of aliphatic imine (C=N–C) groups is 1. The Hall–Kier alpha value is -3.80. The standard InChI is InChI=1S/C24H23NO5/c1-3-28-20-10-5-17(6-11-20)24(27)30-22-12-7-18(23(26)15-22)16-25-19-8-13-21(14-9-19)29-4-2/h5-16,26H,3-4H2,1-2H3. The summed E-state index contributed by atoms with van der Waals surface area (Å²) < 4.78 is 16.1. The minimum atomic E-state index is -0.520. The largest absolute Gasteiger partial charge is 0.507 e. The number of ether oxygens (including phenoxy) is 3. The van der Waals surface area contributed by atoms with Gasteiger partial charge < -0.3 is 19.3 Å². The van der Waals surface area contributed by atoms with E-state index in [1.165, 1.54) is 6.07 Å². The van der Waals surface area contributed by atoms with Gasteiger partial charge >= 0.3 is 5.97 Å². The van der Waals surface area contributed by atoms with E-state index >= 15 is 0 Å². The fourth-order valence-corrected chi connectivity index (χ4v) is 2.66.